The molecule has 0 fully saturated rings. The number of aromatic nitrogens is 2. The zero-order valence-corrected chi connectivity index (χ0v) is 16.9. The number of nitrogens with zero attached hydrogens (tertiary/aromatic N) is 2. The lowest BCUT2D eigenvalue weighted by atomic mass is 10.1. The van der Waals surface area contributed by atoms with Gasteiger partial charge in [0.15, 0.2) is 0 Å². The molecule has 0 atom stereocenters. The Morgan fingerprint density at radius 2 is 1.90 bits per heavy atom. The Balaban J connectivity index is 1.78. The van der Waals surface area contributed by atoms with E-state index in [2.05, 4.69) is 5.32 Å². The SMILES string of the molecule is CCc1cccc(NC(=O)Cn2c(=O)n(-c3ccccc3F)c(=O)c3sccc32)c1. The van der Waals surface area contributed by atoms with Gasteiger partial charge in [-0.1, -0.05) is 31.2 Å². The van der Waals surface area contributed by atoms with Crippen molar-refractivity contribution in [3.8, 4) is 5.69 Å². The molecule has 4 aromatic rings. The van der Waals surface area contributed by atoms with Crippen molar-refractivity contribution in [3.05, 3.63) is 92.2 Å². The second-order valence-electron chi connectivity index (χ2n) is 6.70. The van der Waals surface area contributed by atoms with E-state index in [0.717, 1.165) is 27.9 Å². The predicted octanol–water partition coefficient (Wildman–Crippen LogP) is 3.55. The van der Waals surface area contributed by atoms with E-state index < -0.39 is 23.0 Å². The fraction of sp³-hybridized carbons (Fsp3) is 0.136. The minimum absolute atomic E-state index is 0.146. The maximum absolute atomic E-state index is 14.3. The fourth-order valence-electron chi connectivity index (χ4n) is 3.30. The number of carbonyl (C=O) groups excluding carboxylic acids is 1. The molecule has 0 aliphatic carbocycles. The lowest BCUT2D eigenvalue weighted by Gasteiger charge is -2.13. The Morgan fingerprint density at radius 3 is 2.67 bits per heavy atom. The molecule has 30 heavy (non-hydrogen) atoms. The van der Waals surface area contributed by atoms with E-state index in [1.54, 1.807) is 23.6 Å². The largest absolute Gasteiger partial charge is 0.336 e. The van der Waals surface area contributed by atoms with Gasteiger partial charge in [0.25, 0.3) is 5.56 Å². The standard InChI is InChI=1S/C22H18FN3O3S/c1-2-14-6-5-7-15(12-14)24-19(27)13-25-18-10-11-30-20(18)21(28)26(22(25)29)17-9-4-3-8-16(17)23/h3-12H,2,13H2,1H3,(H,24,27). The van der Waals surface area contributed by atoms with Crippen molar-refractivity contribution in [1.82, 2.24) is 9.13 Å². The molecule has 1 amide bonds. The summed E-state index contributed by atoms with van der Waals surface area (Å²) in [5, 5.41) is 4.44. The van der Waals surface area contributed by atoms with E-state index in [0.29, 0.717) is 11.2 Å². The summed E-state index contributed by atoms with van der Waals surface area (Å²) < 4.78 is 16.6. The Bertz CT molecular complexity index is 1370. The quantitative estimate of drug-likeness (QED) is 0.534. The summed E-state index contributed by atoms with van der Waals surface area (Å²) in [6, 6.07) is 14.6. The maximum atomic E-state index is 14.3. The van der Waals surface area contributed by atoms with Gasteiger partial charge in [0, 0.05) is 5.69 Å². The Kier molecular flexibility index (Phi) is 5.33. The number of carbonyl (C=O) groups is 1. The number of amides is 1. The summed E-state index contributed by atoms with van der Waals surface area (Å²) in [6.07, 6.45) is 0.826. The van der Waals surface area contributed by atoms with E-state index in [-0.39, 0.29) is 16.9 Å². The first-order chi connectivity index (χ1) is 14.5. The zero-order chi connectivity index (χ0) is 21.3. The monoisotopic (exact) mass is 423 g/mol. The number of anilines is 1. The Labute approximate surface area is 174 Å². The molecule has 2 heterocycles. The second kappa shape index (κ2) is 8.08. The van der Waals surface area contributed by atoms with E-state index in [4.69, 9.17) is 0 Å². The van der Waals surface area contributed by atoms with Gasteiger partial charge in [0.1, 0.15) is 17.1 Å². The first kappa shape index (κ1) is 19.8. The molecule has 0 saturated heterocycles. The first-order valence-corrected chi connectivity index (χ1v) is 10.2. The van der Waals surface area contributed by atoms with Crippen LogP contribution in [0, 0.1) is 5.82 Å². The number of thiophene rings is 1. The van der Waals surface area contributed by atoms with Gasteiger partial charge < -0.3 is 5.32 Å². The van der Waals surface area contributed by atoms with Crippen molar-refractivity contribution in [2.75, 3.05) is 5.32 Å². The highest BCUT2D eigenvalue weighted by Gasteiger charge is 2.19. The number of halogens is 1. The van der Waals surface area contributed by atoms with Crippen molar-refractivity contribution >= 4 is 33.1 Å². The van der Waals surface area contributed by atoms with Gasteiger partial charge in [0.05, 0.1) is 11.2 Å². The number of rotatable bonds is 5. The van der Waals surface area contributed by atoms with Crippen molar-refractivity contribution in [1.29, 1.82) is 0 Å². The molecule has 0 bridgehead atoms. The molecular formula is C22H18FN3O3S. The van der Waals surface area contributed by atoms with E-state index in [1.165, 1.54) is 22.8 Å². The van der Waals surface area contributed by atoms with E-state index in [1.807, 2.05) is 25.1 Å². The van der Waals surface area contributed by atoms with E-state index in [9.17, 15) is 18.8 Å². The molecule has 152 valence electrons. The van der Waals surface area contributed by atoms with Crippen molar-refractivity contribution in [3.63, 3.8) is 0 Å². The first-order valence-electron chi connectivity index (χ1n) is 9.36. The third-order valence-electron chi connectivity index (χ3n) is 4.77. The van der Waals surface area contributed by atoms with Crippen molar-refractivity contribution in [2.45, 2.75) is 19.9 Å². The summed E-state index contributed by atoms with van der Waals surface area (Å²) in [6.45, 7) is 1.71. The Hall–Kier alpha value is -3.52. The molecule has 4 rings (SSSR count). The molecule has 8 heteroatoms. The average molecular weight is 423 g/mol. The lowest BCUT2D eigenvalue weighted by Crippen LogP contribution is -2.40. The molecule has 1 N–H and O–H groups in total. The molecule has 0 saturated carbocycles. The minimum Gasteiger partial charge on any atom is -0.325 e. The van der Waals surface area contributed by atoms with Gasteiger partial charge in [-0.3, -0.25) is 14.2 Å². The molecule has 6 nitrogen and oxygen atoms in total. The summed E-state index contributed by atoms with van der Waals surface area (Å²) in [5.41, 5.74) is 0.512. The number of fused-ring (bicyclic) bond motifs is 1. The minimum atomic E-state index is -0.770. The zero-order valence-electron chi connectivity index (χ0n) is 16.1. The smallest absolute Gasteiger partial charge is 0.325 e. The Morgan fingerprint density at radius 1 is 1.10 bits per heavy atom. The average Bonchev–Trinajstić information content (AvgIpc) is 3.23. The van der Waals surface area contributed by atoms with Crippen LogP contribution in [-0.4, -0.2) is 15.0 Å². The molecule has 0 aliphatic heterocycles. The van der Waals surface area contributed by atoms with Gasteiger partial charge in [-0.05, 0) is 47.7 Å². The molecule has 0 aliphatic rings. The van der Waals surface area contributed by atoms with Crippen LogP contribution >= 0.6 is 11.3 Å². The van der Waals surface area contributed by atoms with Crippen LogP contribution < -0.4 is 16.6 Å². The lowest BCUT2D eigenvalue weighted by molar-refractivity contribution is -0.116. The molecule has 0 radical (unpaired) electrons. The maximum Gasteiger partial charge on any atom is 0.336 e. The molecule has 2 aromatic carbocycles. The highest BCUT2D eigenvalue weighted by atomic mass is 32.1. The number of aryl methyl sites for hydroxylation is 1. The second-order valence-corrected chi connectivity index (χ2v) is 7.61. The van der Waals surface area contributed by atoms with Crippen molar-refractivity contribution in [2.24, 2.45) is 0 Å². The van der Waals surface area contributed by atoms with Crippen LogP contribution in [0.15, 0.2) is 69.6 Å². The van der Waals surface area contributed by atoms with Gasteiger partial charge >= 0.3 is 5.69 Å². The highest BCUT2D eigenvalue weighted by molar-refractivity contribution is 7.17. The summed E-state index contributed by atoms with van der Waals surface area (Å²) in [5.74, 6) is -1.11. The predicted molar refractivity (Wildman–Crippen MR) is 116 cm³/mol. The van der Waals surface area contributed by atoms with Crippen LogP contribution in [0.25, 0.3) is 15.9 Å². The highest BCUT2D eigenvalue weighted by Crippen LogP contribution is 2.18. The molecule has 2 aromatic heterocycles. The van der Waals surface area contributed by atoms with E-state index >= 15 is 0 Å². The number of hydrogen-bond donors (Lipinski definition) is 1. The van der Waals surface area contributed by atoms with Crippen LogP contribution in [0.3, 0.4) is 0 Å². The summed E-state index contributed by atoms with van der Waals surface area (Å²) >= 11 is 1.14. The third-order valence-corrected chi connectivity index (χ3v) is 5.66. The van der Waals surface area contributed by atoms with Crippen LogP contribution in [0.1, 0.15) is 12.5 Å². The fourth-order valence-corrected chi connectivity index (χ4v) is 4.12. The summed E-state index contributed by atoms with van der Waals surface area (Å²) in [7, 11) is 0. The molecular weight excluding hydrogens is 405 g/mol. The number of benzene rings is 2. The van der Waals surface area contributed by atoms with Crippen LogP contribution in [0.2, 0.25) is 0 Å². The number of hydrogen-bond acceptors (Lipinski definition) is 4. The molecule has 0 spiro atoms. The van der Waals surface area contributed by atoms with Crippen LogP contribution in [-0.2, 0) is 17.8 Å². The summed E-state index contributed by atoms with van der Waals surface area (Å²) in [4.78, 5) is 38.7. The third kappa shape index (κ3) is 3.57. The van der Waals surface area contributed by atoms with Crippen LogP contribution in [0.5, 0.6) is 0 Å². The van der Waals surface area contributed by atoms with Crippen LogP contribution in [0.4, 0.5) is 10.1 Å². The van der Waals surface area contributed by atoms with Gasteiger partial charge in [-0.15, -0.1) is 11.3 Å². The van der Waals surface area contributed by atoms with Crippen molar-refractivity contribution < 1.29 is 9.18 Å². The van der Waals surface area contributed by atoms with Gasteiger partial charge in [-0.2, -0.15) is 0 Å². The number of para-hydroxylation sites is 1. The number of nitrogens with one attached hydrogen (secondary N) is 1. The molecule has 0 unspecified atom stereocenters. The van der Waals surface area contributed by atoms with Gasteiger partial charge in [-0.25, -0.2) is 13.8 Å². The van der Waals surface area contributed by atoms with Gasteiger partial charge in [0.2, 0.25) is 5.91 Å². The topological polar surface area (TPSA) is 73.1 Å². The normalized spacial score (nSPS) is 11.0.